The summed E-state index contributed by atoms with van der Waals surface area (Å²) in [5.41, 5.74) is 1.57. The topological polar surface area (TPSA) is 72.7 Å². The number of anilines is 1. The Morgan fingerprint density at radius 2 is 2.53 bits per heavy atom. The van der Waals surface area contributed by atoms with Crippen molar-refractivity contribution in [2.45, 2.75) is 13.0 Å². The molecule has 0 aliphatic rings. The van der Waals surface area contributed by atoms with Crippen LogP contribution < -0.4 is 5.32 Å². The van der Waals surface area contributed by atoms with Gasteiger partial charge in [0.25, 0.3) is 0 Å². The van der Waals surface area contributed by atoms with Gasteiger partial charge >= 0.3 is 0 Å². The summed E-state index contributed by atoms with van der Waals surface area (Å²) in [5, 5.41) is 10.5. The third-order valence-electron chi connectivity index (χ3n) is 1.94. The van der Waals surface area contributed by atoms with Crippen LogP contribution in [0.5, 0.6) is 0 Å². The highest BCUT2D eigenvalue weighted by Gasteiger charge is 2.15. The normalized spacial score (nSPS) is 12.3. The highest BCUT2D eigenvalue weighted by Crippen LogP contribution is 2.12. The molecule has 2 aromatic heterocycles. The molecule has 0 saturated carbocycles. The van der Waals surface area contributed by atoms with Crippen LogP contribution in [0.1, 0.15) is 13.0 Å². The molecule has 0 saturated heterocycles. The zero-order valence-corrected chi connectivity index (χ0v) is 8.81. The third-order valence-corrected chi connectivity index (χ3v) is 2.55. The van der Waals surface area contributed by atoms with Gasteiger partial charge in [0.2, 0.25) is 11.0 Å². The fourth-order valence-electron chi connectivity index (χ4n) is 1.07. The van der Waals surface area contributed by atoms with Crippen LogP contribution >= 0.6 is 11.3 Å². The van der Waals surface area contributed by atoms with Crippen LogP contribution in [-0.2, 0) is 4.79 Å². The monoisotopic (exact) mass is 223 g/mol. The second-order valence-corrected chi connectivity index (χ2v) is 3.75. The van der Waals surface area contributed by atoms with Crippen molar-refractivity contribution in [3.05, 3.63) is 24.2 Å². The molecule has 0 aliphatic carbocycles. The van der Waals surface area contributed by atoms with E-state index in [1.807, 2.05) is 0 Å². The number of aromatic nitrogens is 4. The van der Waals surface area contributed by atoms with Gasteiger partial charge in [0, 0.05) is 12.4 Å². The molecule has 0 radical (unpaired) electrons. The Morgan fingerprint density at radius 1 is 1.67 bits per heavy atom. The lowest BCUT2D eigenvalue weighted by Crippen LogP contribution is -2.22. The zero-order chi connectivity index (χ0) is 10.7. The summed E-state index contributed by atoms with van der Waals surface area (Å²) >= 11 is 1.29. The molecule has 15 heavy (non-hydrogen) atoms. The fraction of sp³-hybridized carbons (Fsp3) is 0.250. The zero-order valence-electron chi connectivity index (χ0n) is 7.99. The number of carbonyl (C=O) groups excluding carboxylic acids is 1. The maximum Gasteiger partial charge on any atom is 0.249 e. The lowest BCUT2D eigenvalue weighted by atomic mass is 10.3. The summed E-state index contributed by atoms with van der Waals surface area (Å²) in [6.07, 6.45) is 4.98. The van der Waals surface area contributed by atoms with E-state index in [1.54, 1.807) is 35.7 Å². The number of amides is 1. The third kappa shape index (κ3) is 2.18. The SMILES string of the molecule is C[C@H](C(=O)Nc1nncs1)n1ccnc1. The average molecular weight is 223 g/mol. The minimum Gasteiger partial charge on any atom is -0.325 e. The molecule has 78 valence electrons. The Morgan fingerprint density at radius 3 is 3.13 bits per heavy atom. The minimum absolute atomic E-state index is 0.134. The molecule has 0 fully saturated rings. The number of rotatable bonds is 3. The van der Waals surface area contributed by atoms with Crippen molar-refractivity contribution in [2.24, 2.45) is 0 Å². The van der Waals surface area contributed by atoms with Crippen LogP contribution in [-0.4, -0.2) is 25.7 Å². The minimum atomic E-state index is -0.309. The molecule has 2 heterocycles. The van der Waals surface area contributed by atoms with Gasteiger partial charge in [-0.25, -0.2) is 4.98 Å². The number of hydrogen-bond donors (Lipinski definition) is 1. The second-order valence-electron chi connectivity index (χ2n) is 2.92. The van der Waals surface area contributed by atoms with Gasteiger partial charge in [0.1, 0.15) is 11.6 Å². The van der Waals surface area contributed by atoms with E-state index in [0.717, 1.165) is 0 Å². The van der Waals surface area contributed by atoms with E-state index in [2.05, 4.69) is 20.5 Å². The number of hydrogen-bond acceptors (Lipinski definition) is 5. The van der Waals surface area contributed by atoms with E-state index < -0.39 is 0 Å². The van der Waals surface area contributed by atoms with Crippen molar-refractivity contribution in [3.63, 3.8) is 0 Å². The number of nitrogens with one attached hydrogen (secondary N) is 1. The molecule has 2 rings (SSSR count). The smallest absolute Gasteiger partial charge is 0.249 e. The largest absolute Gasteiger partial charge is 0.325 e. The molecule has 1 atom stereocenters. The Hall–Kier alpha value is -1.76. The molecule has 0 aliphatic heterocycles. The van der Waals surface area contributed by atoms with E-state index in [-0.39, 0.29) is 11.9 Å². The summed E-state index contributed by atoms with van der Waals surface area (Å²) in [7, 11) is 0. The molecule has 0 unspecified atom stereocenters. The van der Waals surface area contributed by atoms with Crippen LogP contribution in [0.25, 0.3) is 0 Å². The highest BCUT2D eigenvalue weighted by molar-refractivity contribution is 7.13. The van der Waals surface area contributed by atoms with Gasteiger partial charge in [0.05, 0.1) is 6.33 Å². The van der Waals surface area contributed by atoms with E-state index in [9.17, 15) is 4.79 Å². The lowest BCUT2D eigenvalue weighted by Gasteiger charge is -2.10. The molecular formula is C8H9N5OS. The average Bonchev–Trinajstić information content (AvgIpc) is 2.88. The van der Waals surface area contributed by atoms with Gasteiger partial charge in [-0.2, -0.15) is 0 Å². The van der Waals surface area contributed by atoms with Crippen LogP contribution in [0.3, 0.4) is 0 Å². The molecular weight excluding hydrogens is 214 g/mol. The van der Waals surface area contributed by atoms with Crippen molar-refractivity contribution in [1.29, 1.82) is 0 Å². The van der Waals surface area contributed by atoms with Gasteiger partial charge in [-0.1, -0.05) is 11.3 Å². The summed E-state index contributed by atoms with van der Waals surface area (Å²) in [4.78, 5) is 15.6. The molecule has 1 amide bonds. The van der Waals surface area contributed by atoms with Gasteiger partial charge in [-0.3, -0.25) is 10.1 Å². The summed E-state index contributed by atoms with van der Waals surface area (Å²) in [5.74, 6) is -0.134. The number of carbonyl (C=O) groups is 1. The van der Waals surface area contributed by atoms with Crippen molar-refractivity contribution in [2.75, 3.05) is 5.32 Å². The quantitative estimate of drug-likeness (QED) is 0.840. The molecule has 1 N–H and O–H groups in total. The molecule has 2 aromatic rings. The first kappa shape index (κ1) is 9.78. The fourth-order valence-corrected chi connectivity index (χ4v) is 1.52. The van der Waals surface area contributed by atoms with Crippen molar-refractivity contribution in [3.8, 4) is 0 Å². The van der Waals surface area contributed by atoms with Gasteiger partial charge in [-0.15, -0.1) is 10.2 Å². The summed E-state index contributed by atoms with van der Waals surface area (Å²) in [6, 6.07) is -0.309. The van der Waals surface area contributed by atoms with Gasteiger partial charge < -0.3 is 4.57 Å². The van der Waals surface area contributed by atoms with E-state index in [0.29, 0.717) is 5.13 Å². The van der Waals surface area contributed by atoms with Gasteiger partial charge in [-0.05, 0) is 6.92 Å². The first-order valence-corrected chi connectivity index (χ1v) is 5.20. The molecule has 0 aromatic carbocycles. The molecule has 7 heteroatoms. The molecule has 0 spiro atoms. The van der Waals surface area contributed by atoms with E-state index in [4.69, 9.17) is 0 Å². The Kier molecular flexibility index (Phi) is 2.72. The maximum atomic E-state index is 11.7. The van der Waals surface area contributed by atoms with Crippen molar-refractivity contribution < 1.29 is 4.79 Å². The Bertz CT molecular complexity index is 424. The molecule has 0 bridgehead atoms. The Labute approximate surface area is 90.0 Å². The van der Waals surface area contributed by atoms with E-state index >= 15 is 0 Å². The van der Waals surface area contributed by atoms with Crippen LogP contribution in [0, 0.1) is 0 Å². The maximum absolute atomic E-state index is 11.7. The summed E-state index contributed by atoms with van der Waals surface area (Å²) < 4.78 is 1.72. The predicted molar refractivity (Wildman–Crippen MR) is 55.5 cm³/mol. The number of imidazole rings is 1. The second kappa shape index (κ2) is 4.18. The highest BCUT2D eigenvalue weighted by atomic mass is 32.1. The standard InChI is InChI=1S/C8H9N5OS/c1-6(13-3-2-9-4-13)7(14)11-8-12-10-5-15-8/h2-6H,1H3,(H,11,12,14)/t6-/m1/s1. The summed E-state index contributed by atoms with van der Waals surface area (Å²) in [6.45, 7) is 1.79. The number of nitrogens with zero attached hydrogens (tertiary/aromatic N) is 4. The van der Waals surface area contributed by atoms with Crippen LogP contribution in [0.2, 0.25) is 0 Å². The lowest BCUT2D eigenvalue weighted by molar-refractivity contribution is -0.118. The van der Waals surface area contributed by atoms with Crippen LogP contribution in [0.15, 0.2) is 24.2 Å². The predicted octanol–water partition coefficient (Wildman–Crippen LogP) is 0.934. The van der Waals surface area contributed by atoms with Gasteiger partial charge in [0.15, 0.2) is 0 Å². The first-order valence-electron chi connectivity index (χ1n) is 4.32. The Balaban J connectivity index is 2.03. The van der Waals surface area contributed by atoms with Crippen LogP contribution in [0.4, 0.5) is 5.13 Å². The van der Waals surface area contributed by atoms with Crippen molar-refractivity contribution in [1.82, 2.24) is 19.7 Å². The molecule has 6 nitrogen and oxygen atoms in total. The first-order chi connectivity index (χ1) is 7.27. The van der Waals surface area contributed by atoms with Crippen molar-refractivity contribution >= 4 is 22.4 Å². The van der Waals surface area contributed by atoms with E-state index in [1.165, 1.54) is 11.3 Å².